The molecule has 16 heavy (non-hydrogen) atoms. The number of hydrogen-bond acceptors (Lipinski definition) is 3. The lowest BCUT2D eigenvalue weighted by Gasteiger charge is -2.33. The predicted molar refractivity (Wildman–Crippen MR) is 64.5 cm³/mol. The summed E-state index contributed by atoms with van der Waals surface area (Å²) < 4.78 is 11.4. The van der Waals surface area contributed by atoms with E-state index in [-0.39, 0.29) is 18.3 Å². The third-order valence-electron chi connectivity index (χ3n) is 3.01. The van der Waals surface area contributed by atoms with Gasteiger partial charge in [-0.2, -0.15) is 0 Å². The van der Waals surface area contributed by atoms with Crippen LogP contribution in [0.1, 0.15) is 52.4 Å². The van der Waals surface area contributed by atoms with Crippen molar-refractivity contribution in [3.63, 3.8) is 0 Å². The lowest BCUT2D eigenvalue weighted by Crippen LogP contribution is -2.38. The average molecular weight is 230 g/mol. The van der Waals surface area contributed by atoms with Crippen LogP contribution in [0.5, 0.6) is 0 Å². The minimum Gasteiger partial charge on any atom is -0.393 e. The van der Waals surface area contributed by atoms with E-state index >= 15 is 0 Å². The summed E-state index contributed by atoms with van der Waals surface area (Å²) >= 11 is 0. The van der Waals surface area contributed by atoms with Gasteiger partial charge in [0.25, 0.3) is 0 Å². The second-order valence-electron chi connectivity index (χ2n) is 4.72. The highest BCUT2D eigenvalue weighted by atomic mass is 16.5. The van der Waals surface area contributed by atoms with E-state index in [9.17, 15) is 5.11 Å². The van der Waals surface area contributed by atoms with E-state index in [0.29, 0.717) is 6.61 Å². The summed E-state index contributed by atoms with van der Waals surface area (Å²) in [6.07, 6.45) is 6.06. The van der Waals surface area contributed by atoms with Crippen molar-refractivity contribution in [1.82, 2.24) is 0 Å². The van der Waals surface area contributed by atoms with Gasteiger partial charge >= 0.3 is 0 Å². The molecular weight excluding hydrogens is 204 g/mol. The molecule has 1 aliphatic rings. The number of ether oxygens (including phenoxy) is 2. The molecule has 1 fully saturated rings. The Bertz CT molecular complexity index is 173. The molecule has 96 valence electrons. The lowest BCUT2D eigenvalue weighted by atomic mass is 9.98. The molecule has 0 aromatic carbocycles. The smallest absolute Gasteiger partial charge is 0.0836 e. The molecule has 0 unspecified atom stereocenters. The molecule has 0 aliphatic carbocycles. The quantitative estimate of drug-likeness (QED) is 0.683. The van der Waals surface area contributed by atoms with E-state index < -0.39 is 0 Å². The zero-order chi connectivity index (χ0) is 11.8. The van der Waals surface area contributed by atoms with E-state index in [1.165, 1.54) is 0 Å². The van der Waals surface area contributed by atoms with Crippen molar-refractivity contribution in [3.05, 3.63) is 0 Å². The van der Waals surface area contributed by atoms with Gasteiger partial charge in [-0.3, -0.25) is 0 Å². The van der Waals surface area contributed by atoms with Crippen LogP contribution in [0.3, 0.4) is 0 Å². The van der Waals surface area contributed by atoms with Gasteiger partial charge in [-0.1, -0.05) is 26.7 Å². The summed E-state index contributed by atoms with van der Waals surface area (Å²) in [6.45, 7) is 5.75. The van der Waals surface area contributed by atoms with Gasteiger partial charge in [0.15, 0.2) is 0 Å². The van der Waals surface area contributed by atoms with Crippen molar-refractivity contribution in [3.8, 4) is 0 Å². The number of aliphatic hydroxyl groups is 1. The highest BCUT2D eigenvalue weighted by Gasteiger charge is 2.27. The largest absolute Gasteiger partial charge is 0.393 e. The van der Waals surface area contributed by atoms with Gasteiger partial charge in [0.2, 0.25) is 0 Å². The Hall–Kier alpha value is -0.120. The Morgan fingerprint density at radius 2 is 1.94 bits per heavy atom. The molecule has 0 saturated carbocycles. The molecule has 1 aliphatic heterocycles. The minimum atomic E-state index is -0.204. The number of rotatable bonds is 7. The van der Waals surface area contributed by atoms with Crippen LogP contribution in [-0.4, -0.2) is 36.6 Å². The van der Waals surface area contributed by atoms with Crippen molar-refractivity contribution >= 4 is 0 Å². The Labute approximate surface area is 99.1 Å². The Morgan fingerprint density at radius 3 is 2.62 bits per heavy atom. The number of unbranched alkanes of at least 4 members (excludes halogenated alkanes) is 1. The topological polar surface area (TPSA) is 38.7 Å². The molecule has 0 bridgehead atoms. The van der Waals surface area contributed by atoms with Gasteiger partial charge < -0.3 is 14.6 Å². The van der Waals surface area contributed by atoms with Gasteiger partial charge in [-0.05, 0) is 19.3 Å². The first kappa shape index (κ1) is 13.9. The normalized spacial score (nSPS) is 30.6. The second-order valence-corrected chi connectivity index (χ2v) is 4.72. The first-order valence-electron chi connectivity index (χ1n) is 6.67. The molecule has 0 aromatic heterocycles. The standard InChI is InChI=1S/C13H26O3/c1-3-5-7-15-10-13-9-11(14)8-12(16-13)6-4-2/h11-14H,3-10H2,1-2H3/t11-,12+,13+/m1/s1. The van der Waals surface area contributed by atoms with E-state index in [2.05, 4.69) is 13.8 Å². The van der Waals surface area contributed by atoms with Crippen LogP contribution in [0.4, 0.5) is 0 Å². The Kier molecular flexibility index (Phi) is 7.01. The number of aliphatic hydroxyl groups excluding tert-OH is 1. The molecule has 1 heterocycles. The zero-order valence-electron chi connectivity index (χ0n) is 10.7. The van der Waals surface area contributed by atoms with E-state index in [4.69, 9.17) is 9.47 Å². The van der Waals surface area contributed by atoms with Gasteiger partial charge in [0.05, 0.1) is 24.9 Å². The molecule has 0 aromatic rings. The van der Waals surface area contributed by atoms with Gasteiger partial charge in [-0.25, -0.2) is 0 Å². The molecule has 3 atom stereocenters. The summed E-state index contributed by atoms with van der Waals surface area (Å²) in [5.41, 5.74) is 0. The van der Waals surface area contributed by atoms with E-state index in [1.54, 1.807) is 0 Å². The van der Waals surface area contributed by atoms with Gasteiger partial charge in [0, 0.05) is 13.0 Å². The summed E-state index contributed by atoms with van der Waals surface area (Å²) in [4.78, 5) is 0. The lowest BCUT2D eigenvalue weighted by molar-refractivity contribution is -0.123. The molecule has 3 heteroatoms. The van der Waals surface area contributed by atoms with Crippen LogP contribution in [0.15, 0.2) is 0 Å². The molecule has 3 nitrogen and oxygen atoms in total. The predicted octanol–water partition coefficient (Wildman–Crippen LogP) is 2.51. The summed E-state index contributed by atoms with van der Waals surface area (Å²) in [6, 6.07) is 0. The molecule has 1 rings (SSSR count). The van der Waals surface area contributed by atoms with E-state index in [1.807, 2.05) is 0 Å². The van der Waals surface area contributed by atoms with Crippen molar-refractivity contribution in [2.24, 2.45) is 0 Å². The second kappa shape index (κ2) is 8.04. The van der Waals surface area contributed by atoms with Crippen LogP contribution in [0, 0.1) is 0 Å². The highest BCUT2D eigenvalue weighted by Crippen LogP contribution is 2.22. The van der Waals surface area contributed by atoms with Gasteiger partial charge in [0.1, 0.15) is 0 Å². The fourth-order valence-electron chi connectivity index (χ4n) is 2.16. The maximum absolute atomic E-state index is 9.74. The molecule has 1 saturated heterocycles. The number of hydrogen-bond donors (Lipinski definition) is 1. The Morgan fingerprint density at radius 1 is 1.19 bits per heavy atom. The Balaban J connectivity index is 2.19. The fourth-order valence-corrected chi connectivity index (χ4v) is 2.16. The van der Waals surface area contributed by atoms with Crippen molar-refractivity contribution in [2.45, 2.75) is 70.7 Å². The summed E-state index contributed by atoms with van der Waals surface area (Å²) in [5, 5.41) is 9.74. The summed E-state index contributed by atoms with van der Waals surface area (Å²) in [5.74, 6) is 0. The third kappa shape index (κ3) is 5.28. The highest BCUT2D eigenvalue weighted by molar-refractivity contribution is 4.76. The monoisotopic (exact) mass is 230 g/mol. The molecular formula is C13H26O3. The van der Waals surface area contributed by atoms with Crippen LogP contribution in [0.25, 0.3) is 0 Å². The molecule has 0 spiro atoms. The fraction of sp³-hybridized carbons (Fsp3) is 1.00. The van der Waals surface area contributed by atoms with Crippen molar-refractivity contribution < 1.29 is 14.6 Å². The molecule has 1 N–H and O–H groups in total. The van der Waals surface area contributed by atoms with Crippen LogP contribution in [0.2, 0.25) is 0 Å². The first-order valence-corrected chi connectivity index (χ1v) is 6.67. The first-order chi connectivity index (χ1) is 7.76. The summed E-state index contributed by atoms with van der Waals surface area (Å²) in [7, 11) is 0. The van der Waals surface area contributed by atoms with Gasteiger partial charge in [-0.15, -0.1) is 0 Å². The third-order valence-corrected chi connectivity index (χ3v) is 3.01. The van der Waals surface area contributed by atoms with E-state index in [0.717, 1.165) is 45.1 Å². The molecule has 0 radical (unpaired) electrons. The minimum absolute atomic E-state index is 0.0946. The average Bonchev–Trinajstić information content (AvgIpc) is 2.24. The maximum Gasteiger partial charge on any atom is 0.0836 e. The SMILES string of the molecule is CCCCOC[C@@H]1C[C@H](O)C[C@H](CCC)O1. The van der Waals surface area contributed by atoms with Crippen molar-refractivity contribution in [2.75, 3.05) is 13.2 Å². The zero-order valence-corrected chi connectivity index (χ0v) is 10.7. The van der Waals surface area contributed by atoms with Crippen LogP contribution >= 0.6 is 0 Å². The van der Waals surface area contributed by atoms with Crippen LogP contribution in [-0.2, 0) is 9.47 Å². The molecule has 0 amide bonds. The van der Waals surface area contributed by atoms with Crippen LogP contribution < -0.4 is 0 Å². The maximum atomic E-state index is 9.74. The van der Waals surface area contributed by atoms with Crippen molar-refractivity contribution in [1.29, 1.82) is 0 Å².